The number of methoxy groups -OCH3 is 1. The second-order valence-electron chi connectivity index (χ2n) is 7.32. The van der Waals surface area contributed by atoms with Crippen LogP contribution in [0, 0.1) is 13.8 Å². The van der Waals surface area contributed by atoms with Crippen molar-refractivity contribution in [3.63, 3.8) is 0 Å². The maximum absolute atomic E-state index is 13.1. The molecule has 1 aliphatic carbocycles. The van der Waals surface area contributed by atoms with E-state index in [9.17, 15) is 4.79 Å². The minimum Gasteiger partial charge on any atom is -0.497 e. The summed E-state index contributed by atoms with van der Waals surface area (Å²) < 4.78 is 18.3. The van der Waals surface area contributed by atoms with Gasteiger partial charge in [0.2, 0.25) is 0 Å². The highest BCUT2D eigenvalue weighted by atomic mass is 16.5. The number of hydrogen-bond donors (Lipinski definition) is 0. The number of ether oxygens (including phenoxy) is 2. The summed E-state index contributed by atoms with van der Waals surface area (Å²) in [4.78, 5) is 13.1. The van der Waals surface area contributed by atoms with Crippen molar-refractivity contribution in [2.75, 3.05) is 13.7 Å². The molecule has 0 spiro atoms. The number of carbonyl (C=O) groups excluding carboxylic acids is 1. The van der Waals surface area contributed by atoms with Crippen LogP contribution < -0.4 is 4.74 Å². The molecule has 0 saturated heterocycles. The summed E-state index contributed by atoms with van der Waals surface area (Å²) in [5.41, 5.74) is 6.49. The zero-order chi connectivity index (χ0) is 20.5. The van der Waals surface area contributed by atoms with Crippen molar-refractivity contribution in [1.82, 2.24) is 9.72 Å². The molecule has 6 heteroatoms. The third-order valence-electron chi connectivity index (χ3n) is 5.54. The van der Waals surface area contributed by atoms with Gasteiger partial charge < -0.3 is 14.0 Å². The third kappa shape index (κ3) is 3.22. The fourth-order valence-corrected chi connectivity index (χ4v) is 4.30. The van der Waals surface area contributed by atoms with Gasteiger partial charge in [-0.1, -0.05) is 5.16 Å². The van der Waals surface area contributed by atoms with Gasteiger partial charge in [-0.25, -0.2) is 4.79 Å². The van der Waals surface area contributed by atoms with Crippen molar-refractivity contribution in [3.05, 3.63) is 52.5 Å². The van der Waals surface area contributed by atoms with Gasteiger partial charge in [0.1, 0.15) is 22.8 Å². The smallest absolute Gasteiger partial charge is 0.355 e. The lowest BCUT2D eigenvalue weighted by Crippen LogP contribution is -2.15. The van der Waals surface area contributed by atoms with Crippen LogP contribution in [0.15, 0.2) is 28.8 Å². The highest BCUT2D eigenvalue weighted by Gasteiger charge is 2.32. The molecule has 2 aromatic heterocycles. The first-order valence-electron chi connectivity index (χ1n) is 10.1. The molecule has 0 radical (unpaired) electrons. The van der Waals surface area contributed by atoms with Gasteiger partial charge in [0, 0.05) is 0 Å². The fraction of sp³-hybridized carbons (Fsp3) is 0.391. The summed E-state index contributed by atoms with van der Waals surface area (Å²) in [6, 6.07) is 7.96. The first kappa shape index (κ1) is 19.3. The van der Waals surface area contributed by atoms with Crippen LogP contribution in [-0.2, 0) is 17.6 Å². The van der Waals surface area contributed by atoms with Crippen LogP contribution in [0.5, 0.6) is 5.75 Å². The van der Waals surface area contributed by atoms with Gasteiger partial charge in [0.15, 0.2) is 5.76 Å². The van der Waals surface area contributed by atoms with E-state index in [1.807, 2.05) is 49.6 Å². The number of carbonyl (C=O) groups is 1. The molecule has 3 aromatic rings. The van der Waals surface area contributed by atoms with E-state index in [-0.39, 0.29) is 5.97 Å². The second-order valence-corrected chi connectivity index (χ2v) is 7.32. The Bertz CT molecular complexity index is 1020. The molecule has 0 bridgehead atoms. The van der Waals surface area contributed by atoms with Crippen LogP contribution in [0.3, 0.4) is 0 Å². The Balaban J connectivity index is 2.06. The van der Waals surface area contributed by atoms with E-state index in [2.05, 4.69) is 5.16 Å². The molecular formula is C23H26N2O4. The lowest BCUT2D eigenvalue weighted by atomic mass is 9.90. The maximum Gasteiger partial charge on any atom is 0.355 e. The Labute approximate surface area is 170 Å². The van der Waals surface area contributed by atoms with E-state index in [4.69, 9.17) is 14.0 Å². The van der Waals surface area contributed by atoms with Gasteiger partial charge in [-0.3, -0.25) is 4.57 Å². The minimum atomic E-state index is -0.301. The quantitative estimate of drug-likeness (QED) is 0.581. The maximum atomic E-state index is 13.1. The molecular weight excluding hydrogens is 368 g/mol. The molecule has 6 nitrogen and oxygen atoms in total. The van der Waals surface area contributed by atoms with Gasteiger partial charge in [0.05, 0.1) is 19.4 Å². The average molecular weight is 394 g/mol. The van der Waals surface area contributed by atoms with Crippen LogP contribution in [-0.4, -0.2) is 29.4 Å². The number of benzene rings is 1. The first-order chi connectivity index (χ1) is 14.1. The molecule has 1 aromatic carbocycles. The molecule has 1 aliphatic rings. The zero-order valence-electron chi connectivity index (χ0n) is 17.4. The van der Waals surface area contributed by atoms with E-state index in [0.717, 1.165) is 59.6 Å². The summed E-state index contributed by atoms with van der Waals surface area (Å²) in [5, 5.41) is 4.14. The van der Waals surface area contributed by atoms with E-state index in [1.54, 1.807) is 7.11 Å². The molecule has 29 heavy (non-hydrogen) atoms. The van der Waals surface area contributed by atoms with Crippen molar-refractivity contribution < 1.29 is 18.8 Å². The Hall–Kier alpha value is -3.02. The molecule has 0 unspecified atom stereocenters. The van der Waals surface area contributed by atoms with Crippen molar-refractivity contribution in [2.24, 2.45) is 0 Å². The van der Waals surface area contributed by atoms with Gasteiger partial charge >= 0.3 is 5.97 Å². The SMILES string of the molecule is CCOC(=O)c1c2c(c(-c3ccc(OC)cc3)n1-c1c(C)noc1C)CCCC2. The number of aromatic nitrogens is 2. The largest absolute Gasteiger partial charge is 0.497 e. The van der Waals surface area contributed by atoms with Gasteiger partial charge in [-0.05, 0) is 87.4 Å². The molecule has 0 amide bonds. The lowest BCUT2D eigenvalue weighted by Gasteiger charge is -2.15. The van der Waals surface area contributed by atoms with E-state index in [1.165, 1.54) is 5.56 Å². The van der Waals surface area contributed by atoms with Crippen molar-refractivity contribution >= 4 is 5.97 Å². The van der Waals surface area contributed by atoms with Crippen LogP contribution in [0.25, 0.3) is 16.9 Å². The molecule has 4 rings (SSSR count). The molecule has 0 fully saturated rings. The van der Waals surface area contributed by atoms with Crippen molar-refractivity contribution in [1.29, 1.82) is 0 Å². The second kappa shape index (κ2) is 7.78. The highest BCUT2D eigenvalue weighted by Crippen LogP contribution is 2.40. The van der Waals surface area contributed by atoms with Gasteiger partial charge in [-0.15, -0.1) is 0 Å². The van der Waals surface area contributed by atoms with Crippen LogP contribution in [0.1, 0.15) is 52.8 Å². The molecule has 2 heterocycles. The number of esters is 1. The Morgan fingerprint density at radius 2 is 1.83 bits per heavy atom. The lowest BCUT2D eigenvalue weighted by molar-refractivity contribution is 0.0515. The average Bonchev–Trinajstić information content (AvgIpc) is 3.24. The first-order valence-corrected chi connectivity index (χ1v) is 10.1. The number of nitrogens with zero attached hydrogens (tertiary/aromatic N) is 2. The van der Waals surface area contributed by atoms with Crippen LogP contribution in [0.4, 0.5) is 0 Å². The highest BCUT2D eigenvalue weighted by molar-refractivity contribution is 5.94. The van der Waals surface area contributed by atoms with Crippen LogP contribution >= 0.6 is 0 Å². The predicted molar refractivity (Wildman–Crippen MR) is 110 cm³/mol. The van der Waals surface area contributed by atoms with E-state index in [0.29, 0.717) is 18.1 Å². The normalized spacial score (nSPS) is 13.2. The Kier molecular flexibility index (Phi) is 5.18. The van der Waals surface area contributed by atoms with Crippen molar-refractivity contribution in [2.45, 2.75) is 46.5 Å². The van der Waals surface area contributed by atoms with E-state index < -0.39 is 0 Å². The summed E-state index contributed by atoms with van der Waals surface area (Å²) in [5.74, 6) is 1.17. The summed E-state index contributed by atoms with van der Waals surface area (Å²) in [6.45, 7) is 5.94. The van der Waals surface area contributed by atoms with Crippen LogP contribution in [0.2, 0.25) is 0 Å². The number of hydrogen-bond acceptors (Lipinski definition) is 5. The predicted octanol–water partition coefficient (Wildman–Crippen LogP) is 4.81. The molecule has 152 valence electrons. The van der Waals surface area contributed by atoms with Gasteiger partial charge in [0.25, 0.3) is 0 Å². The Morgan fingerprint density at radius 3 is 2.41 bits per heavy atom. The summed E-state index contributed by atoms with van der Waals surface area (Å²) in [7, 11) is 1.66. The molecule has 0 aliphatic heterocycles. The standard InChI is InChI=1S/C23H26N2O4/c1-5-28-23(26)22-19-9-7-6-8-18(19)21(16-10-12-17(27-4)13-11-16)25(22)20-14(2)24-29-15(20)3/h10-13H,5-9H2,1-4H3. The third-order valence-corrected chi connectivity index (χ3v) is 5.54. The fourth-order valence-electron chi connectivity index (χ4n) is 4.30. The monoisotopic (exact) mass is 394 g/mol. The minimum absolute atomic E-state index is 0.301. The summed E-state index contributed by atoms with van der Waals surface area (Å²) in [6.07, 6.45) is 3.96. The summed E-state index contributed by atoms with van der Waals surface area (Å²) >= 11 is 0. The number of aryl methyl sites for hydroxylation is 2. The number of fused-ring (bicyclic) bond motifs is 1. The number of rotatable bonds is 5. The molecule has 0 N–H and O–H groups in total. The van der Waals surface area contributed by atoms with E-state index >= 15 is 0 Å². The topological polar surface area (TPSA) is 66.5 Å². The molecule has 0 saturated carbocycles. The zero-order valence-corrected chi connectivity index (χ0v) is 17.4. The Morgan fingerprint density at radius 1 is 1.14 bits per heavy atom. The molecule has 0 atom stereocenters. The van der Waals surface area contributed by atoms with Crippen molar-refractivity contribution in [3.8, 4) is 22.7 Å². The van der Waals surface area contributed by atoms with Gasteiger partial charge in [-0.2, -0.15) is 0 Å².